The number of para-hydroxylation sites is 2. The van der Waals surface area contributed by atoms with Crippen LogP contribution in [0.4, 0.5) is 0 Å². The number of rotatable bonds is 1. The molecule has 0 atom stereocenters. The average molecular weight is 587 g/mol. The van der Waals surface area contributed by atoms with E-state index in [1.807, 2.05) is 6.07 Å². The fourth-order valence-corrected chi connectivity index (χ4v) is 6.53. The van der Waals surface area contributed by atoms with Crippen LogP contribution in [0.2, 0.25) is 0 Å². The van der Waals surface area contributed by atoms with Crippen molar-refractivity contribution in [1.29, 1.82) is 0 Å². The molecule has 6 rings (SSSR count). The summed E-state index contributed by atoms with van der Waals surface area (Å²) in [7, 11) is 0. The van der Waals surface area contributed by atoms with Gasteiger partial charge in [0, 0.05) is 40.0 Å². The zero-order chi connectivity index (χ0) is 19.7. The van der Waals surface area contributed by atoms with Gasteiger partial charge in [0.25, 0.3) is 0 Å². The molecule has 3 aromatic carbocycles. The lowest BCUT2D eigenvalue weighted by molar-refractivity contribution is 1.49. The molecule has 29 heavy (non-hydrogen) atoms. The van der Waals surface area contributed by atoms with E-state index in [0.717, 1.165) is 35.0 Å². The summed E-state index contributed by atoms with van der Waals surface area (Å²) in [6, 6.07) is 21.1. The molecule has 2 aliphatic rings. The zero-order valence-electron chi connectivity index (χ0n) is 14.8. The molecule has 0 fully saturated rings. The largest absolute Gasteiger partial charge is 0.353 e. The number of hydrogen-bond acceptors (Lipinski definition) is 2. The van der Waals surface area contributed by atoms with Crippen molar-refractivity contribution in [2.45, 2.75) is 0 Å². The van der Waals surface area contributed by atoms with Gasteiger partial charge in [0.05, 0.1) is 16.6 Å². The van der Waals surface area contributed by atoms with E-state index in [9.17, 15) is 0 Å². The number of nitrogens with one attached hydrogen (secondary N) is 1. The third-order valence-corrected chi connectivity index (χ3v) is 8.16. The van der Waals surface area contributed by atoms with Crippen molar-refractivity contribution in [1.82, 2.24) is 9.97 Å². The van der Waals surface area contributed by atoms with Gasteiger partial charge < -0.3 is 4.98 Å². The minimum atomic E-state index is 1.00. The maximum atomic E-state index is 4.99. The van der Waals surface area contributed by atoms with Crippen molar-refractivity contribution >= 4 is 91.8 Å². The van der Waals surface area contributed by atoms with Crippen molar-refractivity contribution < 1.29 is 0 Å². The van der Waals surface area contributed by atoms with Crippen LogP contribution >= 0.6 is 59.1 Å². The Morgan fingerprint density at radius 3 is 2.38 bits per heavy atom. The SMILES string of the molecule is Brc1cccc(-c2sc3nc4c(Br)cccc4c-3c3[nH]c4c(Br)cccc4c23)c1. The van der Waals surface area contributed by atoms with Gasteiger partial charge in [0.1, 0.15) is 5.01 Å². The van der Waals surface area contributed by atoms with E-state index < -0.39 is 0 Å². The molecular weight excluding hydrogens is 576 g/mol. The molecule has 0 bridgehead atoms. The zero-order valence-corrected chi connectivity index (χ0v) is 20.3. The molecule has 1 aromatic heterocycles. The Morgan fingerprint density at radius 1 is 0.793 bits per heavy atom. The molecule has 0 spiro atoms. The number of aromatic amines is 1. The third-order valence-electron chi connectivity index (χ3n) is 5.23. The molecule has 3 heterocycles. The van der Waals surface area contributed by atoms with Crippen LogP contribution in [0.25, 0.3) is 53.7 Å². The minimum Gasteiger partial charge on any atom is -0.353 e. The number of H-pyrrole nitrogens is 1. The topological polar surface area (TPSA) is 28.7 Å². The molecule has 0 saturated carbocycles. The normalized spacial score (nSPS) is 12.0. The first-order valence-electron chi connectivity index (χ1n) is 8.98. The van der Waals surface area contributed by atoms with E-state index in [1.165, 1.54) is 32.2 Å². The summed E-state index contributed by atoms with van der Waals surface area (Å²) >= 11 is 12.8. The molecule has 0 radical (unpaired) electrons. The maximum absolute atomic E-state index is 4.99. The van der Waals surface area contributed by atoms with Crippen molar-refractivity contribution in [3.8, 4) is 21.0 Å². The fourth-order valence-electron chi connectivity index (χ4n) is 4.00. The molecule has 140 valence electrons. The Bertz CT molecular complexity index is 1550. The number of hydrogen-bond donors (Lipinski definition) is 1. The van der Waals surface area contributed by atoms with E-state index in [0.29, 0.717) is 0 Å². The monoisotopic (exact) mass is 584 g/mol. The number of benzene rings is 3. The number of fused-ring (bicyclic) bond motifs is 7. The molecule has 0 aliphatic carbocycles. The Morgan fingerprint density at radius 2 is 1.55 bits per heavy atom. The van der Waals surface area contributed by atoms with Crippen LogP contribution in [0, 0.1) is 0 Å². The van der Waals surface area contributed by atoms with Gasteiger partial charge in [-0.3, -0.25) is 0 Å². The molecule has 2 aliphatic heterocycles. The highest BCUT2D eigenvalue weighted by molar-refractivity contribution is 9.11. The molecule has 6 heteroatoms. The second kappa shape index (κ2) is 6.64. The van der Waals surface area contributed by atoms with Crippen molar-refractivity contribution in [2.24, 2.45) is 0 Å². The smallest absolute Gasteiger partial charge is 0.127 e. The number of halogens is 3. The summed E-state index contributed by atoms with van der Waals surface area (Å²) in [5.41, 5.74) is 5.62. The molecule has 4 aromatic rings. The van der Waals surface area contributed by atoms with Gasteiger partial charge in [-0.25, -0.2) is 4.98 Å². The maximum Gasteiger partial charge on any atom is 0.127 e. The Balaban J connectivity index is 1.90. The standard InChI is InChI=1S/C23H11Br3N2S/c24-12-5-1-4-11(10-12)22-17-13-6-2-8-15(25)19(13)27-21(17)18-14-7-3-9-16(26)20(14)28-23(18)29-22/h1-10,27H. The lowest BCUT2D eigenvalue weighted by Gasteiger charge is -2.08. The predicted octanol–water partition coefficient (Wildman–Crippen LogP) is 8.99. The first kappa shape index (κ1) is 18.1. The summed E-state index contributed by atoms with van der Waals surface area (Å²) in [6.45, 7) is 0. The van der Waals surface area contributed by atoms with Crippen molar-refractivity contribution in [2.75, 3.05) is 0 Å². The molecule has 1 N–H and O–H groups in total. The molecular formula is C23H11Br3N2S. The lowest BCUT2D eigenvalue weighted by atomic mass is 10.0. The number of aromatic nitrogens is 2. The highest BCUT2D eigenvalue weighted by Crippen LogP contribution is 2.49. The van der Waals surface area contributed by atoms with Crippen molar-refractivity contribution in [3.63, 3.8) is 0 Å². The summed E-state index contributed by atoms with van der Waals surface area (Å²) in [6.07, 6.45) is 0. The van der Waals surface area contributed by atoms with Gasteiger partial charge in [-0.15, -0.1) is 11.3 Å². The quantitative estimate of drug-likeness (QED) is 0.205. The molecule has 0 amide bonds. The minimum absolute atomic E-state index is 1.00. The summed E-state index contributed by atoms with van der Waals surface area (Å²) in [5, 5.41) is 4.66. The summed E-state index contributed by atoms with van der Waals surface area (Å²) in [4.78, 5) is 9.92. The van der Waals surface area contributed by atoms with Gasteiger partial charge in [-0.05, 0) is 61.7 Å². The number of nitrogens with zero attached hydrogens (tertiary/aromatic N) is 1. The van der Waals surface area contributed by atoms with Gasteiger partial charge in [-0.2, -0.15) is 0 Å². The Hall–Kier alpha value is -1.73. The van der Waals surface area contributed by atoms with Crippen LogP contribution in [0.3, 0.4) is 0 Å². The predicted molar refractivity (Wildman–Crippen MR) is 134 cm³/mol. The Labute approximate surface area is 195 Å². The van der Waals surface area contributed by atoms with E-state index in [1.54, 1.807) is 11.3 Å². The highest BCUT2D eigenvalue weighted by atomic mass is 79.9. The third kappa shape index (κ3) is 2.66. The van der Waals surface area contributed by atoms with Crippen LogP contribution < -0.4 is 0 Å². The highest BCUT2D eigenvalue weighted by Gasteiger charge is 2.24. The molecule has 2 nitrogen and oxygen atoms in total. The van der Waals surface area contributed by atoms with Crippen LogP contribution in [-0.4, -0.2) is 9.97 Å². The fraction of sp³-hybridized carbons (Fsp3) is 0. The van der Waals surface area contributed by atoms with Gasteiger partial charge in [-0.1, -0.05) is 52.3 Å². The van der Waals surface area contributed by atoms with Crippen molar-refractivity contribution in [3.05, 3.63) is 74.1 Å². The first-order valence-corrected chi connectivity index (χ1v) is 12.2. The lowest BCUT2D eigenvalue weighted by Crippen LogP contribution is -1.83. The van der Waals surface area contributed by atoms with Crippen LogP contribution in [0.5, 0.6) is 0 Å². The summed E-state index contributed by atoms with van der Waals surface area (Å²) < 4.78 is 3.15. The first-order chi connectivity index (χ1) is 14.1. The van der Waals surface area contributed by atoms with Crippen LogP contribution in [0.15, 0.2) is 74.1 Å². The van der Waals surface area contributed by atoms with Gasteiger partial charge >= 0.3 is 0 Å². The second-order valence-electron chi connectivity index (χ2n) is 6.91. The van der Waals surface area contributed by atoms with E-state index in [2.05, 4.69) is 107 Å². The Kier molecular flexibility index (Phi) is 4.14. The van der Waals surface area contributed by atoms with Gasteiger partial charge in [0.2, 0.25) is 0 Å². The van der Waals surface area contributed by atoms with E-state index in [4.69, 9.17) is 4.98 Å². The summed E-state index contributed by atoms with van der Waals surface area (Å²) in [5.74, 6) is 0. The van der Waals surface area contributed by atoms with E-state index >= 15 is 0 Å². The second-order valence-corrected chi connectivity index (χ2v) is 10.5. The van der Waals surface area contributed by atoms with E-state index in [-0.39, 0.29) is 0 Å². The van der Waals surface area contributed by atoms with Crippen LogP contribution in [-0.2, 0) is 0 Å². The molecule has 0 saturated heterocycles. The molecule has 0 unspecified atom stereocenters. The average Bonchev–Trinajstić information content (AvgIpc) is 3.28. The van der Waals surface area contributed by atoms with Crippen LogP contribution in [0.1, 0.15) is 0 Å². The van der Waals surface area contributed by atoms with Gasteiger partial charge in [0.15, 0.2) is 0 Å².